The van der Waals surface area contributed by atoms with Gasteiger partial charge in [0.25, 0.3) is 0 Å². The summed E-state index contributed by atoms with van der Waals surface area (Å²) in [5, 5.41) is 0. The van der Waals surface area contributed by atoms with Crippen molar-refractivity contribution in [3.63, 3.8) is 0 Å². The molecule has 0 saturated heterocycles. The average molecular weight is 506 g/mol. The molecule has 36 heavy (non-hydrogen) atoms. The van der Waals surface area contributed by atoms with Crippen LogP contribution in [0.1, 0.15) is 16.7 Å². The van der Waals surface area contributed by atoms with Gasteiger partial charge >= 0.3 is 6.11 Å². The number of ether oxygens (including phenoxy) is 2. The fourth-order valence-corrected chi connectivity index (χ4v) is 3.35. The molecule has 0 saturated carbocycles. The van der Waals surface area contributed by atoms with Gasteiger partial charge < -0.3 is 9.47 Å². The highest BCUT2D eigenvalue weighted by molar-refractivity contribution is 5.65. The van der Waals surface area contributed by atoms with Crippen molar-refractivity contribution in [1.82, 2.24) is 0 Å². The van der Waals surface area contributed by atoms with Gasteiger partial charge in [0.1, 0.15) is 12.4 Å². The zero-order valence-corrected chi connectivity index (χ0v) is 18.6. The molecule has 4 rings (SSSR count). The molecule has 0 amide bonds. The molecule has 0 unspecified atom stereocenters. The molecule has 186 valence electrons. The largest absolute Gasteiger partial charge is 0.486 e. The monoisotopic (exact) mass is 506 g/mol. The van der Waals surface area contributed by atoms with E-state index in [0.29, 0.717) is 23.3 Å². The van der Waals surface area contributed by atoms with Gasteiger partial charge in [-0.25, -0.2) is 17.6 Å². The number of aryl methyl sites for hydroxylation is 1. The lowest BCUT2D eigenvalue weighted by Crippen LogP contribution is -2.22. The van der Waals surface area contributed by atoms with Gasteiger partial charge in [0.15, 0.2) is 29.0 Å². The Labute approximate surface area is 201 Å². The maximum Gasteiger partial charge on any atom is 0.426 e. The highest BCUT2D eigenvalue weighted by Crippen LogP contribution is 2.34. The quantitative estimate of drug-likeness (QED) is 0.186. The molecule has 9 heteroatoms. The van der Waals surface area contributed by atoms with E-state index in [4.69, 9.17) is 4.74 Å². The molecule has 0 atom stereocenters. The van der Waals surface area contributed by atoms with Crippen LogP contribution in [0.5, 0.6) is 11.5 Å². The Morgan fingerprint density at radius 3 is 1.92 bits per heavy atom. The number of hydrogen-bond donors (Lipinski definition) is 0. The molecule has 0 heterocycles. The number of benzene rings is 4. The lowest BCUT2D eigenvalue weighted by molar-refractivity contribution is -0.185. The highest BCUT2D eigenvalue weighted by Gasteiger charge is 2.35. The second kappa shape index (κ2) is 9.93. The summed E-state index contributed by atoms with van der Waals surface area (Å²) < 4.78 is 107. The molecule has 0 spiro atoms. The van der Waals surface area contributed by atoms with Crippen molar-refractivity contribution < 1.29 is 40.2 Å². The van der Waals surface area contributed by atoms with E-state index in [1.165, 1.54) is 24.3 Å². The summed E-state index contributed by atoms with van der Waals surface area (Å²) in [5.74, 6) is -8.71. The van der Waals surface area contributed by atoms with Gasteiger partial charge in [-0.1, -0.05) is 42.0 Å². The summed E-state index contributed by atoms with van der Waals surface area (Å²) in [6.45, 7) is 1.60. The second-order valence-corrected chi connectivity index (χ2v) is 7.91. The Kier molecular flexibility index (Phi) is 6.92. The molecule has 2 nitrogen and oxygen atoms in total. The smallest absolute Gasteiger partial charge is 0.426 e. The first-order chi connectivity index (χ1) is 17.0. The van der Waals surface area contributed by atoms with Gasteiger partial charge in [-0.05, 0) is 42.3 Å². The van der Waals surface area contributed by atoms with Crippen LogP contribution in [0.15, 0.2) is 72.8 Å². The minimum absolute atomic E-state index is 0.0624. The standard InChI is InChI=1S/C27H17F7O2/c1-15-2-6-17(7-3-15)20-10-11-23(26(32)24(20)30)35-14-16-4-8-18(9-5-16)27(33,34)36-19-12-21(28)25(31)22(29)13-19/h2-13H,14H2,1H3. The third kappa shape index (κ3) is 5.30. The van der Waals surface area contributed by atoms with Crippen molar-refractivity contribution in [2.45, 2.75) is 19.6 Å². The molecule has 4 aromatic rings. The Balaban J connectivity index is 1.44. The Hall–Kier alpha value is -4.01. The van der Waals surface area contributed by atoms with Crippen LogP contribution >= 0.6 is 0 Å². The van der Waals surface area contributed by atoms with Crippen LogP contribution in [0.4, 0.5) is 30.7 Å². The van der Waals surface area contributed by atoms with Gasteiger partial charge in [0.2, 0.25) is 5.82 Å². The summed E-state index contributed by atoms with van der Waals surface area (Å²) in [5.41, 5.74) is 1.20. The van der Waals surface area contributed by atoms with Crippen molar-refractivity contribution in [1.29, 1.82) is 0 Å². The summed E-state index contributed by atoms with van der Waals surface area (Å²) >= 11 is 0. The molecule has 0 radical (unpaired) electrons. The molecule has 4 aromatic carbocycles. The Bertz CT molecular complexity index is 1360. The predicted octanol–water partition coefficient (Wildman–Crippen LogP) is 8.06. The van der Waals surface area contributed by atoms with Crippen LogP contribution in [-0.2, 0) is 12.7 Å². The first-order valence-electron chi connectivity index (χ1n) is 10.5. The molecule has 0 aliphatic rings. The van der Waals surface area contributed by atoms with Crippen molar-refractivity contribution >= 4 is 0 Å². The predicted molar refractivity (Wildman–Crippen MR) is 118 cm³/mol. The van der Waals surface area contributed by atoms with Crippen LogP contribution < -0.4 is 9.47 Å². The van der Waals surface area contributed by atoms with E-state index in [2.05, 4.69) is 4.74 Å². The molecule has 0 aliphatic carbocycles. The number of halogens is 7. The van der Waals surface area contributed by atoms with Crippen LogP contribution in [0, 0.1) is 36.0 Å². The van der Waals surface area contributed by atoms with E-state index in [1.54, 1.807) is 24.3 Å². The number of alkyl halides is 2. The van der Waals surface area contributed by atoms with Crippen LogP contribution in [0.25, 0.3) is 11.1 Å². The van der Waals surface area contributed by atoms with Crippen molar-refractivity contribution in [2.75, 3.05) is 0 Å². The molecule has 0 fully saturated rings. The Morgan fingerprint density at radius 1 is 0.694 bits per heavy atom. The fourth-order valence-electron chi connectivity index (χ4n) is 3.35. The van der Waals surface area contributed by atoms with Gasteiger partial charge in [0.05, 0.1) is 5.56 Å². The lowest BCUT2D eigenvalue weighted by Gasteiger charge is -2.19. The van der Waals surface area contributed by atoms with E-state index in [0.717, 1.165) is 17.7 Å². The third-order valence-corrected chi connectivity index (χ3v) is 5.30. The van der Waals surface area contributed by atoms with Crippen LogP contribution in [0.3, 0.4) is 0 Å². The topological polar surface area (TPSA) is 18.5 Å². The molecule has 0 bridgehead atoms. The van der Waals surface area contributed by atoms with E-state index in [1.807, 2.05) is 6.92 Å². The molecule has 0 N–H and O–H groups in total. The van der Waals surface area contributed by atoms with Crippen molar-refractivity contribution in [2.24, 2.45) is 0 Å². The maximum absolute atomic E-state index is 14.6. The second-order valence-electron chi connectivity index (χ2n) is 7.91. The van der Waals surface area contributed by atoms with Gasteiger partial charge in [0, 0.05) is 17.7 Å². The summed E-state index contributed by atoms with van der Waals surface area (Å²) in [4.78, 5) is 0. The molecule has 0 aromatic heterocycles. The first kappa shape index (κ1) is 25.1. The first-order valence-corrected chi connectivity index (χ1v) is 10.5. The number of rotatable bonds is 7. The van der Waals surface area contributed by atoms with Gasteiger partial charge in [-0.15, -0.1) is 0 Å². The van der Waals surface area contributed by atoms with E-state index < -0.39 is 46.5 Å². The third-order valence-electron chi connectivity index (χ3n) is 5.30. The van der Waals surface area contributed by atoms with E-state index in [-0.39, 0.29) is 17.9 Å². The normalized spacial score (nSPS) is 11.4. The molecule has 0 aliphatic heterocycles. The van der Waals surface area contributed by atoms with E-state index in [9.17, 15) is 30.7 Å². The maximum atomic E-state index is 14.6. The molecular formula is C27H17F7O2. The van der Waals surface area contributed by atoms with Gasteiger partial charge in [-0.3, -0.25) is 0 Å². The minimum atomic E-state index is -4.00. The zero-order chi connectivity index (χ0) is 26.0. The lowest BCUT2D eigenvalue weighted by atomic mass is 10.0. The fraction of sp³-hybridized carbons (Fsp3) is 0.111. The Morgan fingerprint density at radius 2 is 1.31 bits per heavy atom. The summed E-state index contributed by atoms with van der Waals surface area (Å²) in [6.07, 6.45) is -4.00. The minimum Gasteiger partial charge on any atom is -0.486 e. The summed E-state index contributed by atoms with van der Waals surface area (Å²) in [7, 11) is 0. The SMILES string of the molecule is Cc1ccc(-c2ccc(OCc3ccc(C(F)(F)Oc4cc(F)c(F)c(F)c4)cc3)c(F)c2F)cc1. The highest BCUT2D eigenvalue weighted by atomic mass is 19.3. The van der Waals surface area contributed by atoms with Crippen LogP contribution in [0.2, 0.25) is 0 Å². The zero-order valence-electron chi connectivity index (χ0n) is 18.6. The average Bonchev–Trinajstić information content (AvgIpc) is 2.84. The van der Waals surface area contributed by atoms with Crippen molar-refractivity contribution in [3.8, 4) is 22.6 Å². The summed E-state index contributed by atoms with van der Waals surface area (Å²) in [6, 6.07) is 14.5. The molecular weight excluding hydrogens is 489 g/mol. The van der Waals surface area contributed by atoms with E-state index >= 15 is 0 Å². The van der Waals surface area contributed by atoms with Crippen molar-refractivity contribution in [3.05, 3.63) is 119 Å². The van der Waals surface area contributed by atoms with Crippen LogP contribution in [-0.4, -0.2) is 0 Å². The van der Waals surface area contributed by atoms with Gasteiger partial charge in [-0.2, -0.15) is 13.2 Å². The number of hydrogen-bond acceptors (Lipinski definition) is 2.